The average Bonchev–Trinajstić information content (AvgIpc) is 2.84. The zero-order valence-corrected chi connectivity index (χ0v) is 21.0. The predicted octanol–water partition coefficient (Wildman–Crippen LogP) is 5.22. The average molecular weight is 466 g/mol. The Morgan fingerprint density at radius 3 is 2.03 bits per heavy atom. The smallest absolute Gasteiger partial charge is 0.309 e. The van der Waals surface area contributed by atoms with E-state index in [2.05, 4.69) is 40.1 Å². The van der Waals surface area contributed by atoms with Crippen molar-refractivity contribution in [2.24, 2.45) is 5.92 Å². The highest BCUT2D eigenvalue weighted by Crippen LogP contribution is 2.34. The first kappa shape index (κ1) is 24.2. The molecular formula is C28H39N3O3. The van der Waals surface area contributed by atoms with Gasteiger partial charge in [-0.2, -0.15) is 0 Å². The monoisotopic (exact) mass is 465 g/mol. The predicted molar refractivity (Wildman–Crippen MR) is 139 cm³/mol. The second kappa shape index (κ2) is 10.2. The summed E-state index contributed by atoms with van der Waals surface area (Å²) in [6, 6.07) is 15.1. The molecule has 0 aliphatic carbocycles. The van der Waals surface area contributed by atoms with E-state index in [9.17, 15) is 4.79 Å². The number of rotatable bonds is 5. The largest absolute Gasteiger partial charge is 0.495 e. The van der Waals surface area contributed by atoms with Gasteiger partial charge in [-0.15, -0.1) is 0 Å². The van der Waals surface area contributed by atoms with Crippen molar-refractivity contribution in [1.82, 2.24) is 0 Å². The van der Waals surface area contributed by atoms with E-state index in [0.29, 0.717) is 11.6 Å². The van der Waals surface area contributed by atoms with E-state index >= 15 is 0 Å². The summed E-state index contributed by atoms with van der Waals surface area (Å²) in [6.07, 6.45) is 3.97. The summed E-state index contributed by atoms with van der Waals surface area (Å²) >= 11 is 0. The maximum Gasteiger partial charge on any atom is 0.309 e. The Morgan fingerprint density at radius 1 is 0.882 bits per heavy atom. The summed E-state index contributed by atoms with van der Waals surface area (Å²) < 4.78 is 11.0. The number of methoxy groups -OCH3 is 1. The lowest BCUT2D eigenvalue weighted by Crippen LogP contribution is -2.38. The molecule has 2 saturated heterocycles. The van der Waals surface area contributed by atoms with Crippen LogP contribution in [0.15, 0.2) is 42.5 Å². The third kappa shape index (κ3) is 5.78. The molecule has 2 aliphatic rings. The number of carbonyl (C=O) groups excluding carboxylic acids is 1. The number of nitrogens with zero attached hydrogens (tertiary/aromatic N) is 2. The first-order valence-electron chi connectivity index (χ1n) is 12.5. The molecular weight excluding hydrogens is 426 g/mol. The highest BCUT2D eigenvalue weighted by Gasteiger charge is 2.29. The molecule has 0 unspecified atom stereocenters. The van der Waals surface area contributed by atoms with Gasteiger partial charge < -0.3 is 25.0 Å². The molecule has 0 spiro atoms. The number of nitrogen functional groups attached to an aromatic ring is 1. The van der Waals surface area contributed by atoms with Gasteiger partial charge in [-0.3, -0.25) is 4.79 Å². The van der Waals surface area contributed by atoms with E-state index < -0.39 is 5.60 Å². The van der Waals surface area contributed by atoms with Gasteiger partial charge in [0.2, 0.25) is 0 Å². The van der Waals surface area contributed by atoms with Crippen molar-refractivity contribution in [1.29, 1.82) is 0 Å². The van der Waals surface area contributed by atoms with Crippen LogP contribution in [-0.2, 0) is 9.53 Å². The van der Waals surface area contributed by atoms with Crippen LogP contribution in [0.5, 0.6) is 5.75 Å². The zero-order valence-electron chi connectivity index (χ0n) is 21.0. The van der Waals surface area contributed by atoms with Crippen LogP contribution < -0.4 is 20.3 Å². The lowest BCUT2D eigenvalue weighted by Gasteiger charge is -2.35. The third-order valence-corrected chi connectivity index (χ3v) is 7.04. The van der Waals surface area contributed by atoms with E-state index in [4.69, 9.17) is 15.2 Å². The molecule has 0 radical (unpaired) electrons. The van der Waals surface area contributed by atoms with Crippen molar-refractivity contribution in [2.45, 2.75) is 58.0 Å². The van der Waals surface area contributed by atoms with E-state index in [1.54, 1.807) is 7.11 Å². The Labute approximate surface area is 204 Å². The summed E-state index contributed by atoms with van der Waals surface area (Å²) in [4.78, 5) is 17.2. The summed E-state index contributed by atoms with van der Waals surface area (Å²) in [5.74, 6) is 1.29. The third-order valence-electron chi connectivity index (χ3n) is 7.04. The van der Waals surface area contributed by atoms with Crippen molar-refractivity contribution in [2.75, 3.05) is 48.8 Å². The van der Waals surface area contributed by atoms with Gasteiger partial charge in [0, 0.05) is 43.6 Å². The van der Waals surface area contributed by atoms with Crippen molar-refractivity contribution in [3.05, 3.63) is 48.0 Å². The normalized spacial score (nSPS) is 18.1. The Kier molecular flexibility index (Phi) is 7.24. The van der Waals surface area contributed by atoms with Gasteiger partial charge in [-0.05, 0) is 82.2 Å². The molecule has 2 aromatic rings. The Balaban J connectivity index is 1.29. The zero-order chi connectivity index (χ0) is 24.3. The minimum Gasteiger partial charge on any atom is -0.495 e. The summed E-state index contributed by atoms with van der Waals surface area (Å²) in [5, 5.41) is 0. The van der Waals surface area contributed by atoms with Crippen LogP contribution in [0.1, 0.15) is 57.9 Å². The molecule has 0 aromatic heterocycles. The van der Waals surface area contributed by atoms with Crippen LogP contribution in [-0.4, -0.2) is 44.9 Å². The molecule has 184 valence electrons. The van der Waals surface area contributed by atoms with Crippen LogP contribution in [0, 0.1) is 5.92 Å². The van der Waals surface area contributed by atoms with Gasteiger partial charge in [0.05, 0.1) is 18.7 Å². The molecule has 0 bridgehead atoms. The molecule has 4 rings (SSSR count). The number of hydrogen-bond acceptors (Lipinski definition) is 6. The van der Waals surface area contributed by atoms with E-state index in [1.165, 1.54) is 16.9 Å². The number of hydrogen-bond donors (Lipinski definition) is 1. The topological polar surface area (TPSA) is 68.0 Å². The van der Waals surface area contributed by atoms with Gasteiger partial charge in [-0.1, -0.05) is 12.1 Å². The fourth-order valence-electron chi connectivity index (χ4n) is 5.08. The van der Waals surface area contributed by atoms with Crippen molar-refractivity contribution < 1.29 is 14.3 Å². The van der Waals surface area contributed by atoms with E-state index in [1.807, 2.05) is 32.9 Å². The van der Waals surface area contributed by atoms with Crippen molar-refractivity contribution >= 4 is 23.0 Å². The number of ether oxygens (including phenoxy) is 2. The lowest BCUT2D eigenvalue weighted by atomic mass is 9.89. The standard InChI is InChI=1S/C28H39N3O3/c1-28(2,3)34-27(32)22-13-17-30(18-14-22)23-7-5-20(6-8-23)21-11-15-31(16-12-21)24-9-10-25(29)26(19-24)33-4/h5-10,19,21-22H,11-18,29H2,1-4H3. The van der Waals surface area contributed by atoms with Gasteiger partial charge >= 0.3 is 5.97 Å². The molecule has 6 nitrogen and oxygen atoms in total. The molecule has 2 aliphatic heterocycles. The number of benzene rings is 2. The van der Waals surface area contributed by atoms with Gasteiger partial charge in [0.25, 0.3) is 0 Å². The maximum atomic E-state index is 12.4. The minimum absolute atomic E-state index is 0.0148. The first-order chi connectivity index (χ1) is 16.2. The lowest BCUT2D eigenvalue weighted by molar-refractivity contribution is -0.160. The second-order valence-corrected chi connectivity index (χ2v) is 10.6. The summed E-state index contributed by atoms with van der Waals surface area (Å²) in [5.41, 5.74) is 10.1. The molecule has 0 saturated carbocycles. The highest BCUT2D eigenvalue weighted by molar-refractivity contribution is 5.73. The van der Waals surface area contributed by atoms with Crippen LogP contribution in [0.25, 0.3) is 0 Å². The number of carbonyl (C=O) groups is 1. The van der Waals surface area contributed by atoms with Gasteiger partial charge in [0.1, 0.15) is 11.4 Å². The van der Waals surface area contributed by atoms with Crippen molar-refractivity contribution in [3.8, 4) is 5.75 Å². The summed E-state index contributed by atoms with van der Waals surface area (Å²) in [7, 11) is 1.66. The van der Waals surface area contributed by atoms with Crippen LogP contribution in [0.2, 0.25) is 0 Å². The second-order valence-electron chi connectivity index (χ2n) is 10.6. The summed E-state index contributed by atoms with van der Waals surface area (Å²) in [6.45, 7) is 9.64. The van der Waals surface area contributed by atoms with Crippen molar-refractivity contribution in [3.63, 3.8) is 0 Å². The molecule has 0 amide bonds. The molecule has 34 heavy (non-hydrogen) atoms. The molecule has 2 aromatic carbocycles. The maximum absolute atomic E-state index is 12.4. The molecule has 6 heteroatoms. The SMILES string of the molecule is COc1cc(N2CCC(c3ccc(N4CCC(C(=O)OC(C)(C)C)CC4)cc3)CC2)ccc1N. The number of nitrogens with two attached hydrogens (primary N) is 1. The number of piperidine rings is 2. The Bertz CT molecular complexity index is 967. The molecule has 0 atom stereocenters. The van der Waals surface area contributed by atoms with E-state index in [0.717, 1.165) is 57.6 Å². The Hall–Kier alpha value is -2.89. The van der Waals surface area contributed by atoms with Crippen LogP contribution in [0.4, 0.5) is 17.1 Å². The van der Waals surface area contributed by atoms with E-state index in [-0.39, 0.29) is 11.9 Å². The quantitative estimate of drug-likeness (QED) is 0.482. The molecule has 2 heterocycles. The Morgan fingerprint density at radius 2 is 1.44 bits per heavy atom. The number of anilines is 3. The molecule has 2 fully saturated rings. The first-order valence-corrected chi connectivity index (χ1v) is 12.5. The van der Waals surface area contributed by atoms with Crippen LogP contribution >= 0.6 is 0 Å². The highest BCUT2D eigenvalue weighted by atomic mass is 16.6. The fourth-order valence-corrected chi connectivity index (χ4v) is 5.08. The van der Waals surface area contributed by atoms with Gasteiger partial charge in [0.15, 0.2) is 0 Å². The fraction of sp³-hybridized carbons (Fsp3) is 0.536. The van der Waals surface area contributed by atoms with Crippen LogP contribution in [0.3, 0.4) is 0 Å². The number of esters is 1. The van der Waals surface area contributed by atoms with Gasteiger partial charge in [-0.25, -0.2) is 0 Å². The molecule has 2 N–H and O–H groups in total. The minimum atomic E-state index is -0.415.